The molecule has 56 valence electrons. The molecule has 0 aliphatic rings. The average molecular weight is 164 g/mol. The van der Waals surface area contributed by atoms with Crippen molar-refractivity contribution < 1.29 is 0 Å². The summed E-state index contributed by atoms with van der Waals surface area (Å²) in [6, 6.07) is 5.66. The van der Waals surface area contributed by atoms with E-state index < -0.39 is 0 Å². The molecule has 11 heavy (non-hydrogen) atoms. The minimum atomic E-state index is 0.666. The van der Waals surface area contributed by atoms with E-state index in [0.717, 1.165) is 10.8 Å². The zero-order chi connectivity index (χ0) is 8.10. The fourth-order valence-corrected chi connectivity index (χ4v) is 1.41. The van der Waals surface area contributed by atoms with E-state index in [-0.39, 0.29) is 0 Å². The minimum Gasteiger partial charge on any atom is -0.249 e. The molecule has 0 bridgehead atoms. The normalized spacial score (nSPS) is 9.09. The maximum absolute atomic E-state index is 8.64. The lowest BCUT2D eigenvalue weighted by molar-refractivity contribution is 1.11. The highest BCUT2D eigenvalue weighted by Gasteiger charge is 1.99. The fourth-order valence-electron chi connectivity index (χ4n) is 0.728. The number of pyridine rings is 1. The molecule has 0 aliphatic heterocycles. The Labute approximate surface area is 70.3 Å². The van der Waals surface area contributed by atoms with Gasteiger partial charge in [-0.1, -0.05) is 6.92 Å². The first-order valence-electron chi connectivity index (χ1n) is 3.36. The SMILES string of the molecule is CCSc1ncccc1C#N. The van der Waals surface area contributed by atoms with E-state index in [1.165, 1.54) is 0 Å². The summed E-state index contributed by atoms with van der Waals surface area (Å²) in [6.45, 7) is 2.04. The lowest BCUT2D eigenvalue weighted by Crippen LogP contribution is -1.84. The molecule has 1 rings (SSSR count). The third kappa shape index (κ3) is 1.95. The summed E-state index contributed by atoms with van der Waals surface area (Å²) in [5.74, 6) is 0.950. The zero-order valence-electron chi connectivity index (χ0n) is 6.24. The number of hydrogen-bond donors (Lipinski definition) is 0. The predicted octanol–water partition coefficient (Wildman–Crippen LogP) is 2.07. The highest BCUT2D eigenvalue weighted by Crippen LogP contribution is 2.17. The number of rotatable bonds is 2. The van der Waals surface area contributed by atoms with E-state index in [1.807, 2.05) is 6.92 Å². The largest absolute Gasteiger partial charge is 0.249 e. The van der Waals surface area contributed by atoms with Crippen LogP contribution in [-0.2, 0) is 0 Å². The molecule has 0 spiro atoms. The monoisotopic (exact) mass is 164 g/mol. The Balaban J connectivity index is 2.95. The first kappa shape index (κ1) is 8.09. The number of hydrogen-bond acceptors (Lipinski definition) is 3. The van der Waals surface area contributed by atoms with Crippen LogP contribution in [0.15, 0.2) is 23.4 Å². The van der Waals surface area contributed by atoms with Gasteiger partial charge in [0, 0.05) is 6.20 Å². The summed E-state index contributed by atoms with van der Waals surface area (Å²) in [5.41, 5.74) is 0.666. The van der Waals surface area contributed by atoms with Crippen molar-refractivity contribution >= 4 is 11.8 Å². The van der Waals surface area contributed by atoms with Crippen LogP contribution in [0.3, 0.4) is 0 Å². The van der Waals surface area contributed by atoms with Gasteiger partial charge < -0.3 is 0 Å². The van der Waals surface area contributed by atoms with Crippen molar-refractivity contribution in [3.05, 3.63) is 23.9 Å². The van der Waals surface area contributed by atoms with Crippen LogP contribution in [0.25, 0.3) is 0 Å². The Morgan fingerprint density at radius 1 is 1.73 bits per heavy atom. The average Bonchev–Trinajstić information content (AvgIpc) is 2.06. The Kier molecular flexibility index (Phi) is 2.94. The number of aromatic nitrogens is 1. The van der Waals surface area contributed by atoms with Gasteiger partial charge in [0.1, 0.15) is 11.1 Å². The summed E-state index contributed by atoms with van der Waals surface area (Å²) in [6.07, 6.45) is 1.71. The molecular weight excluding hydrogens is 156 g/mol. The van der Waals surface area contributed by atoms with Gasteiger partial charge in [0.25, 0.3) is 0 Å². The summed E-state index contributed by atoms with van der Waals surface area (Å²) >= 11 is 1.59. The predicted molar refractivity (Wildman–Crippen MR) is 45.4 cm³/mol. The van der Waals surface area contributed by atoms with E-state index in [1.54, 1.807) is 30.1 Å². The molecule has 2 nitrogen and oxygen atoms in total. The van der Waals surface area contributed by atoms with Gasteiger partial charge in [-0.3, -0.25) is 0 Å². The first-order valence-corrected chi connectivity index (χ1v) is 4.35. The van der Waals surface area contributed by atoms with Crippen LogP contribution < -0.4 is 0 Å². The molecule has 0 saturated carbocycles. The maximum atomic E-state index is 8.64. The van der Waals surface area contributed by atoms with Crippen LogP contribution >= 0.6 is 11.8 Å². The molecular formula is C8H8N2S. The summed E-state index contributed by atoms with van der Waals surface area (Å²) in [4.78, 5) is 4.08. The van der Waals surface area contributed by atoms with Gasteiger partial charge in [0.15, 0.2) is 0 Å². The molecule has 0 fully saturated rings. The quantitative estimate of drug-likeness (QED) is 0.628. The molecule has 3 heteroatoms. The van der Waals surface area contributed by atoms with Gasteiger partial charge in [-0.25, -0.2) is 4.98 Å². The number of thioether (sulfide) groups is 1. The lowest BCUT2D eigenvalue weighted by Gasteiger charge is -1.97. The van der Waals surface area contributed by atoms with E-state index in [2.05, 4.69) is 11.1 Å². The molecule has 0 N–H and O–H groups in total. The summed E-state index contributed by atoms with van der Waals surface area (Å²) < 4.78 is 0. The smallest absolute Gasteiger partial charge is 0.114 e. The molecule has 1 aromatic rings. The van der Waals surface area contributed by atoms with Crippen molar-refractivity contribution in [3.8, 4) is 6.07 Å². The minimum absolute atomic E-state index is 0.666. The Morgan fingerprint density at radius 2 is 2.55 bits per heavy atom. The van der Waals surface area contributed by atoms with Gasteiger partial charge in [-0.05, 0) is 17.9 Å². The van der Waals surface area contributed by atoms with Gasteiger partial charge in [-0.2, -0.15) is 5.26 Å². The summed E-state index contributed by atoms with van der Waals surface area (Å²) in [5, 5.41) is 9.47. The second-order valence-electron chi connectivity index (χ2n) is 1.90. The van der Waals surface area contributed by atoms with Crippen molar-refractivity contribution in [3.63, 3.8) is 0 Å². The van der Waals surface area contributed by atoms with Crippen LogP contribution in [0, 0.1) is 11.3 Å². The van der Waals surface area contributed by atoms with Crippen LogP contribution in [0.5, 0.6) is 0 Å². The first-order chi connectivity index (χ1) is 5.38. The van der Waals surface area contributed by atoms with Crippen LogP contribution in [-0.4, -0.2) is 10.7 Å². The van der Waals surface area contributed by atoms with Crippen LogP contribution in [0.1, 0.15) is 12.5 Å². The van der Waals surface area contributed by atoms with Crippen molar-refractivity contribution in [1.82, 2.24) is 4.98 Å². The van der Waals surface area contributed by atoms with Gasteiger partial charge in [0.2, 0.25) is 0 Å². The molecule has 1 aromatic heterocycles. The third-order valence-electron chi connectivity index (χ3n) is 1.17. The van der Waals surface area contributed by atoms with Crippen LogP contribution in [0.2, 0.25) is 0 Å². The molecule has 0 aromatic carbocycles. The molecule has 0 aliphatic carbocycles. The Hall–Kier alpha value is -1.01. The van der Waals surface area contributed by atoms with E-state index in [0.29, 0.717) is 5.56 Å². The Morgan fingerprint density at radius 3 is 3.18 bits per heavy atom. The number of nitrogens with zero attached hydrogens (tertiary/aromatic N) is 2. The number of nitriles is 1. The van der Waals surface area contributed by atoms with Gasteiger partial charge in [-0.15, -0.1) is 11.8 Å². The molecule has 0 amide bonds. The van der Waals surface area contributed by atoms with Gasteiger partial charge >= 0.3 is 0 Å². The highest BCUT2D eigenvalue weighted by atomic mass is 32.2. The molecule has 1 heterocycles. The Bertz CT molecular complexity index is 278. The highest BCUT2D eigenvalue weighted by molar-refractivity contribution is 7.99. The summed E-state index contributed by atoms with van der Waals surface area (Å²) in [7, 11) is 0. The van der Waals surface area contributed by atoms with E-state index >= 15 is 0 Å². The van der Waals surface area contributed by atoms with Crippen molar-refractivity contribution in [2.75, 3.05) is 5.75 Å². The zero-order valence-corrected chi connectivity index (χ0v) is 7.06. The maximum Gasteiger partial charge on any atom is 0.114 e. The topological polar surface area (TPSA) is 36.7 Å². The molecule has 0 atom stereocenters. The molecule has 0 unspecified atom stereocenters. The van der Waals surface area contributed by atoms with Gasteiger partial charge in [0.05, 0.1) is 5.56 Å². The van der Waals surface area contributed by atoms with Crippen molar-refractivity contribution in [2.45, 2.75) is 11.9 Å². The fraction of sp³-hybridized carbons (Fsp3) is 0.250. The third-order valence-corrected chi connectivity index (χ3v) is 2.06. The van der Waals surface area contributed by atoms with Crippen molar-refractivity contribution in [2.24, 2.45) is 0 Å². The van der Waals surface area contributed by atoms with E-state index in [9.17, 15) is 0 Å². The second kappa shape index (κ2) is 3.99. The molecule has 0 radical (unpaired) electrons. The van der Waals surface area contributed by atoms with Crippen molar-refractivity contribution in [1.29, 1.82) is 5.26 Å². The van der Waals surface area contributed by atoms with E-state index in [4.69, 9.17) is 5.26 Å². The molecule has 0 saturated heterocycles. The lowest BCUT2D eigenvalue weighted by atomic mass is 10.3. The second-order valence-corrected chi connectivity index (χ2v) is 3.15. The standard InChI is InChI=1S/C8H8N2S/c1-2-11-8-7(6-9)4-3-5-10-8/h3-5H,2H2,1H3. The van der Waals surface area contributed by atoms with Crippen LogP contribution in [0.4, 0.5) is 0 Å².